The number of imidazole rings is 2. The summed E-state index contributed by atoms with van der Waals surface area (Å²) < 4.78 is 4.51. The van der Waals surface area contributed by atoms with Gasteiger partial charge in [-0.15, -0.1) is 0 Å². The van der Waals surface area contributed by atoms with E-state index in [9.17, 15) is 0 Å². The van der Waals surface area contributed by atoms with E-state index in [4.69, 9.17) is 19.9 Å². The fraction of sp³-hybridized carbons (Fsp3) is 0.222. The van der Waals surface area contributed by atoms with Crippen LogP contribution in [0.25, 0.3) is 54.9 Å². The van der Waals surface area contributed by atoms with E-state index in [0.29, 0.717) is 11.8 Å². The van der Waals surface area contributed by atoms with Gasteiger partial charge in [0.15, 0.2) is 0 Å². The van der Waals surface area contributed by atoms with Crippen molar-refractivity contribution in [3.63, 3.8) is 0 Å². The first-order chi connectivity index (χ1) is 20.5. The summed E-state index contributed by atoms with van der Waals surface area (Å²) in [6.07, 6.45) is 9.76. The molecule has 0 aliphatic rings. The summed E-state index contributed by atoms with van der Waals surface area (Å²) in [5, 5.41) is 4.60. The largest absolute Gasteiger partial charge is 0.299 e. The van der Waals surface area contributed by atoms with Gasteiger partial charge in [-0.2, -0.15) is 0 Å². The fourth-order valence-corrected chi connectivity index (χ4v) is 6.67. The molecule has 6 heterocycles. The van der Waals surface area contributed by atoms with E-state index in [1.165, 1.54) is 21.9 Å². The highest BCUT2D eigenvalue weighted by Crippen LogP contribution is 2.35. The molecule has 42 heavy (non-hydrogen) atoms. The predicted molar refractivity (Wildman–Crippen MR) is 172 cm³/mol. The molecule has 0 bridgehead atoms. The smallest absolute Gasteiger partial charge is 0.147 e. The van der Waals surface area contributed by atoms with Crippen molar-refractivity contribution in [2.45, 2.75) is 52.4 Å². The van der Waals surface area contributed by atoms with Gasteiger partial charge >= 0.3 is 0 Å². The standard InChI is InChI=1S/C36H32N6/c1-21(2)25-9-5-13-29-31(25)33-27(11-7-17-37-33)35-39-23(19-41(29)35)15-16-24-20-42-30-14-6-10-26(22(3)4)32(30)34-28(36(42)40-24)12-8-18-38-34/h5-14,17-22H,15-16H2,1-4H3. The van der Waals surface area contributed by atoms with Crippen molar-refractivity contribution in [1.82, 2.24) is 28.7 Å². The Morgan fingerprint density at radius 3 is 1.45 bits per heavy atom. The Morgan fingerprint density at radius 2 is 1.02 bits per heavy atom. The first-order valence-electron chi connectivity index (χ1n) is 14.8. The molecule has 0 unspecified atom stereocenters. The van der Waals surface area contributed by atoms with Crippen molar-refractivity contribution < 1.29 is 0 Å². The average molecular weight is 549 g/mol. The lowest BCUT2D eigenvalue weighted by Crippen LogP contribution is -1.97. The maximum Gasteiger partial charge on any atom is 0.147 e. The first kappa shape index (κ1) is 24.9. The second-order valence-corrected chi connectivity index (χ2v) is 11.9. The zero-order valence-electron chi connectivity index (χ0n) is 24.3. The molecule has 0 spiro atoms. The monoisotopic (exact) mass is 548 g/mol. The molecule has 0 aliphatic heterocycles. The van der Waals surface area contributed by atoms with Crippen LogP contribution in [0.1, 0.15) is 62.0 Å². The van der Waals surface area contributed by atoms with Crippen LogP contribution in [0, 0.1) is 0 Å². The van der Waals surface area contributed by atoms with Crippen LogP contribution in [-0.4, -0.2) is 28.7 Å². The van der Waals surface area contributed by atoms with Crippen LogP contribution in [0.3, 0.4) is 0 Å². The Morgan fingerprint density at radius 1 is 0.571 bits per heavy atom. The lowest BCUT2D eigenvalue weighted by molar-refractivity contribution is 0.876. The molecule has 8 aromatic rings. The quantitative estimate of drug-likeness (QED) is 0.203. The molecule has 0 fully saturated rings. The second kappa shape index (κ2) is 9.35. The minimum atomic E-state index is 0.397. The van der Waals surface area contributed by atoms with E-state index in [0.717, 1.165) is 68.4 Å². The molecule has 0 aliphatic carbocycles. The Hall–Kier alpha value is -4.84. The van der Waals surface area contributed by atoms with Crippen LogP contribution in [0.15, 0.2) is 85.5 Å². The van der Waals surface area contributed by atoms with Crippen LogP contribution >= 0.6 is 0 Å². The van der Waals surface area contributed by atoms with Gasteiger partial charge in [-0.05, 0) is 72.2 Å². The molecule has 6 heteroatoms. The van der Waals surface area contributed by atoms with Gasteiger partial charge in [0.1, 0.15) is 11.3 Å². The summed E-state index contributed by atoms with van der Waals surface area (Å²) in [7, 11) is 0. The van der Waals surface area contributed by atoms with Crippen molar-refractivity contribution in [3.05, 3.63) is 108 Å². The lowest BCUT2D eigenvalue weighted by Gasteiger charge is -2.13. The number of hydrogen-bond donors (Lipinski definition) is 0. The lowest BCUT2D eigenvalue weighted by atomic mass is 9.96. The van der Waals surface area contributed by atoms with E-state index in [2.05, 4.69) is 97.4 Å². The van der Waals surface area contributed by atoms with Crippen LogP contribution in [0.2, 0.25) is 0 Å². The van der Waals surface area contributed by atoms with Gasteiger partial charge in [0.2, 0.25) is 0 Å². The molecule has 206 valence electrons. The van der Waals surface area contributed by atoms with Crippen molar-refractivity contribution in [2.24, 2.45) is 0 Å². The van der Waals surface area contributed by atoms with Gasteiger partial charge in [0.25, 0.3) is 0 Å². The molecule has 8 rings (SSSR count). The van der Waals surface area contributed by atoms with Gasteiger partial charge in [0.05, 0.1) is 33.5 Å². The van der Waals surface area contributed by atoms with Crippen molar-refractivity contribution >= 4 is 54.9 Å². The van der Waals surface area contributed by atoms with E-state index in [-0.39, 0.29) is 0 Å². The third kappa shape index (κ3) is 3.64. The average Bonchev–Trinajstić information content (AvgIpc) is 3.65. The minimum absolute atomic E-state index is 0.397. The van der Waals surface area contributed by atoms with Crippen molar-refractivity contribution in [3.8, 4) is 0 Å². The van der Waals surface area contributed by atoms with E-state index in [1.54, 1.807) is 0 Å². The number of aromatic nitrogens is 6. The van der Waals surface area contributed by atoms with E-state index < -0.39 is 0 Å². The molecule has 0 radical (unpaired) electrons. The third-order valence-corrected chi connectivity index (χ3v) is 8.63. The van der Waals surface area contributed by atoms with Gasteiger partial charge in [-0.3, -0.25) is 18.8 Å². The summed E-state index contributed by atoms with van der Waals surface area (Å²) in [5.74, 6) is 0.793. The van der Waals surface area contributed by atoms with Gasteiger partial charge < -0.3 is 0 Å². The molecule has 0 amide bonds. The number of pyridine rings is 4. The predicted octanol–water partition coefficient (Wildman–Crippen LogP) is 8.42. The van der Waals surface area contributed by atoms with Gasteiger partial charge in [0, 0.05) is 46.3 Å². The van der Waals surface area contributed by atoms with E-state index in [1.807, 2.05) is 24.5 Å². The Bertz CT molecular complexity index is 2160. The summed E-state index contributed by atoms with van der Waals surface area (Å²) in [6, 6.07) is 21.4. The number of hydrogen-bond acceptors (Lipinski definition) is 4. The first-order valence-corrected chi connectivity index (χ1v) is 14.8. The molecular formula is C36H32N6. The number of fused-ring (bicyclic) bond motifs is 12. The Balaban J connectivity index is 1.25. The zero-order valence-corrected chi connectivity index (χ0v) is 24.3. The summed E-state index contributed by atoms with van der Waals surface area (Å²) in [6.45, 7) is 8.98. The Kier molecular flexibility index (Phi) is 5.54. The van der Waals surface area contributed by atoms with Crippen LogP contribution in [0.5, 0.6) is 0 Å². The van der Waals surface area contributed by atoms with Crippen molar-refractivity contribution in [2.75, 3.05) is 0 Å². The zero-order chi connectivity index (χ0) is 28.5. The third-order valence-electron chi connectivity index (χ3n) is 8.63. The highest BCUT2D eigenvalue weighted by Gasteiger charge is 2.18. The summed E-state index contributed by atoms with van der Waals surface area (Å²) in [4.78, 5) is 19.9. The highest BCUT2D eigenvalue weighted by atomic mass is 15.0. The molecular weight excluding hydrogens is 516 g/mol. The minimum Gasteiger partial charge on any atom is -0.299 e. The summed E-state index contributed by atoms with van der Waals surface area (Å²) in [5.41, 5.74) is 11.0. The van der Waals surface area contributed by atoms with Gasteiger partial charge in [-0.1, -0.05) is 52.0 Å². The highest BCUT2D eigenvalue weighted by molar-refractivity contribution is 6.12. The number of aryl methyl sites for hydroxylation is 2. The van der Waals surface area contributed by atoms with Crippen LogP contribution in [-0.2, 0) is 12.8 Å². The summed E-state index contributed by atoms with van der Waals surface area (Å²) >= 11 is 0. The van der Waals surface area contributed by atoms with Crippen molar-refractivity contribution in [1.29, 1.82) is 0 Å². The maximum atomic E-state index is 5.14. The molecule has 6 nitrogen and oxygen atoms in total. The van der Waals surface area contributed by atoms with Gasteiger partial charge in [-0.25, -0.2) is 9.97 Å². The number of rotatable bonds is 5. The maximum absolute atomic E-state index is 5.14. The SMILES string of the molecule is CC(C)c1cccc2c1c1ncccc1c1nc(CCc3cn4c5cccc(C(C)C)c5c5ncccc5c4n3)cn21. The van der Waals surface area contributed by atoms with Crippen LogP contribution in [0.4, 0.5) is 0 Å². The normalized spacial score (nSPS) is 12.4. The Labute approximate surface area is 243 Å². The molecule has 0 saturated heterocycles. The molecule has 0 atom stereocenters. The second-order valence-electron chi connectivity index (χ2n) is 11.9. The number of nitrogens with zero attached hydrogens (tertiary/aromatic N) is 6. The topological polar surface area (TPSA) is 60.4 Å². The molecule has 0 N–H and O–H groups in total. The molecule has 6 aromatic heterocycles. The number of benzene rings is 2. The molecule has 2 aromatic carbocycles. The van der Waals surface area contributed by atoms with E-state index >= 15 is 0 Å². The molecule has 0 saturated carbocycles. The van der Waals surface area contributed by atoms with Crippen LogP contribution < -0.4 is 0 Å². The fourth-order valence-electron chi connectivity index (χ4n) is 6.67.